The summed E-state index contributed by atoms with van der Waals surface area (Å²) in [5.41, 5.74) is 2.63. The van der Waals surface area contributed by atoms with Gasteiger partial charge in [0.1, 0.15) is 18.5 Å². The number of nitrogens with zero attached hydrogens (tertiary/aromatic N) is 1. The summed E-state index contributed by atoms with van der Waals surface area (Å²) in [6.07, 6.45) is 2.25. The summed E-state index contributed by atoms with van der Waals surface area (Å²) in [7, 11) is -7.02. The summed E-state index contributed by atoms with van der Waals surface area (Å²) < 4.78 is 64.3. The molecule has 0 saturated carbocycles. The van der Waals surface area contributed by atoms with Crippen LogP contribution in [-0.2, 0) is 31.1 Å². The van der Waals surface area contributed by atoms with Crippen LogP contribution in [0.2, 0.25) is 0 Å². The molecule has 0 bridgehead atoms. The van der Waals surface area contributed by atoms with Gasteiger partial charge in [-0.1, -0.05) is 56.3 Å². The molecule has 3 aromatic carbocycles. The molecule has 1 unspecified atom stereocenters. The molecule has 3 aromatic rings. The fourth-order valence-electron chi connectivity index (χ4n) is 6.11. The van der Waals surface area contributed by atoms with Crippen molar-refractivity contribution in [3.8, 4) is 16.9 Å². The van der Waals surface area contributed by atoms with E-state index >= 15 is 0 Å². The number of benzene rings is 3. The van der Waals surface area contributed by atoms with Crippen LogP contribution in [0.3, 0.4) is 0 Å². The van der Waals surface area contributed by atoms with E-state index in [4.69, 9.17) is 9.47 Å². The Balaban J connectivity index is 1.09. The van der Waals surface area contributed by atoms with E-state index in [1.807, 2.05) is 18.2 Å². The van der Waals surface area contributed by atoms with Gasteiger partial charge in [0.05, 0.1) is 22.0 Å². The van der Waals surface area contributed by atoms with Gasteiger partial charge >= 0.3 is 0 Å². The summed E-state index contributed by atoms with van der Waals surface area (Å²) in [6, 6.07) is 21.6. The molecular weight excluding hydrogens is 639 g/mol. The van der Waals surface area contributed by atoms with E-state index in [1.165, 1.54) is 17.7 Å². The van der Waals surface area contributed by atoms with Gasteiger partial charge in [-0.25, -0.2) is 16.8 Å². The number of sulfonamides is 1. The predicted molar refractivity (Wildman–Crippen MR) is 183 cm³/mol. The second-order valence-corrected chi connectivity index (χ2v) is 17.1. The largest absolute Gasteiger partial charge is 0.491 e. The van der Waals surface area contributed by atoms with Crippen LogP contribution in [-0.4, -0.2) is 89.6 Å². The fourth-order valence-corrected chi connectivity index (χ4v) is 8.26. The fraction of sp³-hybridized carbons (Fsp3) is 0.486. The Bertz CT molecular complexity index is 1700. The average Bonchev–Trinajstić information content (AvgIpc) is 3.45. The summed E-state index contributed by atoms with van der Waals surface area (Å²) >= 11 is 0. The SMILES string of the molecule is CC(C)CNCc1ccc(-c2cccc(S(=O)(=O)N3CCC4(CC3)CC(NC[C@H](O)COc3cccc(S(C)(=O)=O)c3)CO4)c2)cc1. The average molecular weight is 686 g/mol. The summed E-state index contributed by atoms with van der Waals surface area (Å²) in [5.74, 6) is 0.966. The van der Waals surface area contributed by atoms with Crippen LogP contribution in [0.5, 0.6) is 5.75 Å². The number of hydrogen-bond donors (Lipinski definition) is 3. The molecule has 10 nitrogen and oxygen atoms in total. The quantitative estimate of drug-likeness (QED) is 0.232. The number of nitrogens with one attached hydrogen (secondary N) is 2. The van der Waals surface area contributed by atoms with Crippen molar-refractivity contribution in [1.82, 2.24) is 14.9 Å². The number of rotatable bonds is 14. The van der Waals surface area contributed by atoms with Crippen molar-refractivity contribution in [2.24, 2.45) is 5.92 Å². The minimum atomic E-state index is -3.67. The zero-order valence-electron chi connectivity index (χ0n) is 27.4. The van der Waals surface area contributed by atoms with Crippen LogP contribution in [0.4, 0.5) is 0 Å². The highest BCUT2D eigenvalue weighted by atomic mass is 32.2. The Morgan fingerprint density at radius 3 is 2.34 bits per heavy atom. The molecule has 0 aliphatic carbocycles. The molecular formula is C35H47N3O7S2. The first-order valence-corrected chi connectivity index (χ1v) is 19.5. The lowest BCUT2D eigenvalue weighted by atomic mass is 9.88. The molecule has 1 spiro atoms. The molecule has 2 aliphatic rings. The highest BCUT2D eigenvalue weighted by Crippen LogP contribution is 2.37. The molecule has 3 N–H and O–H groups in total. The van der Waals surface area contributed by atoms with E-state index in [0.29, 0.717) is 49.1 Å². The minimum absolute atomic E-state index is 0.00812. The van der Waals surface area contributed by atoms with Crippen molar-refractivity contribution in [2.75, 3.05) is 45.6 Å². The molecule has 2 fully saturated rings. The monoisotopic (exact) mass is 685 g/mol. The number of ether oxygens (including phenoxy) is 2. The van der Waals surface area contributed by atoms with E-state index in [9.17, 15) is 21.9 Å². The molecule has 5 rings (SSSR count). The van der Waals surface area contributed by atoms with E-state index < -0.39 is 31.6 Å². The first-order chi connectivity index (χ1) is 22.3. The Kier molecular flexibility index (Phi) is 11.4. The van der Waals surface area contributed by atoms with Gasteiger partial charge in [-0.3, -0.25) is 0 Å². The van der Waals surface area contributed by atoms with Gasteiger partial charge in [0.25, 0.3) is 0 Å². The van der Waals surface area contributed by atoms with Crippen molar-refractivity contribution >= 4 is 19.9 Å². The van der Waals surface area contributed by atoms with Crippen LogP contribution in [0, 0.1) is 5.92 Å². The molecule has 2 heterocycles. The number of hydrogen-bond acceptors (Lipinski definition) is 9. The van der Waals surface area contributed by atoms with Crippen molar-refractivity contribution in [2.45, 2.75) is 67.2 Å². The van der Waals surface area contributed by atoms with Crippen LogP contribution in [0.15, 0.2) is 82.6 Å². The molecule has 2 atom stereocenters. The third kappa shape index (κ3) is 9.41. The van der Waals surface area contributed by atoms with Crippen molar-refractivity contribution in [1.29, 1.82) is 0 Å². The maximum Gasteiger partial charge on any atom is 0.243 e. The molecule has 256 valence electrons. The van der Waals surface area contributed by atoms with Gasteiger partial charge < -0.3 is 25.2 Å². The Labute approximate surface area is 279 Å². The molecule has 0 aromatic heterocycles. The third-order valence-corrected chi connectivity index (χ3v) is 11.8. The van der Waals surface area contributed by atoms with Crippen molar-refractivity contribution < 1.29 is 31.4 Å². The topological polar surface area (TPSA) is 134 Å². The van der Waals surface area contributed by atoms with Gasteiger partial charge in [-0.05, 0) is 78.7 Å². The molecule has 12 heteroatoms. The van der Waals surface area contributed by atoms with E-state index in [-0.39, 0.29) is 24.1 Å². The first kappa shape index (κ1) is 35.5. The zero-order chi connectivity index (χ0) is 33.7. The lowest BCUT2D eigenvalue weighted by molar-refractivity contribution is -0.0312. The molecule has 0 radical (unpaired) electrons. The molecule has 2 aliphatic heterocycles. The molecule has 2 saturated heterocycles. The standard InChI is InChI=1S/C35H47N3O7S2/c1-26(2)21-36-22-27-10-12-28(13-11-27)29-6-4-9-34(18-29)47(42,43)38-16-14-35(15-17-38)20-30(24-45-35)37-23-31(39)25-44-32-7-5-8-33(19-32)46(3,40)41/h4-13,18-19,26,30-31,36-37,39H,14-17,20-25H2,1-3H3/t30?,31-/m0/s1. The number of piperidine rings is 1. The lowest BCUT2D eigenvalue weighted by Crippen LogP contribution is -2.47. The van der Waals surface area contributed by atoms with Gasteiger partial charge in [-0.2, -0.15) is 4.31 Å². The van der Waals surface area contributed by atoms with Crippen molar-refractivity contribution in [3.63, 3.8) is 0 Å². The number of aliphatic hydroxyl groups is 1. The minimum Gasteiger partial charge on any atom is -0.491 e. The zero-order valence-corrected chi connectivity index (χ0v) is 29.0. The normalized spacial score (nSPS) is 19.3. The smallest absolute Gasteiger partial charge is 0.243 e. The summed E-state index contributed by atoms with van der Waals surface area (Å²) in [6.45, 7) is 7.63. The van der Waals surface area contributed by atoms with E-state index in [1.54, 1.807) is 34.6 Å². The van der Waals surface area contributed by atoms with E-state index in [2.05, 4.69) is 36.6 Å². The molecule has 0 amide bonds. The Morgan fingerprint density at radius 1 is 0.936 bits per heavy atom. The highest BCUT2D eigenvalue weighted by molar-refractivity contribution is 7.90. The summed E-state index contributed by atoms with van der Waals surface area (Å²) in [4.78, 5) is 0.453. The Morgan fingerprint density at radius 2 is 1.64 bits per heavy atom. The predicted octanol–water partition coefficient (Wildman–Crippen LogP) is 3.84. The summed E-state index contributed by atoms with van der Waals surface area (Å²) in [5, 5.41) is 17.3. The highest BCUT2D eigenvalue weighted by Gasteiger charge is 2.44. The van der Waals surface area contributed by atoms with E-state index in [0.717, 1.165) is 36.9 Å². The number of aliphatic hydroxyl groups excluding tert-OH is 1. The lowest BCUT2D eigenvalue weighted by Gasteiger charge is -2.38. The van der Waals surface area contributed by atoms with Crippen LogP contribution < -0.4 is 15.4 Å². The first-order valence-electron chi connectivity index (χ1n) is 16.2. The molecule has 47 heavy (non-hydrogen) atoms. The van der Waals surface area contributed by atoms with Crippen LogP contribution in [0.25, 0.3) is 11.1 Å². The number of sulfone groups is 1. The van der Waals surface area contributed by atoms with Gasteiger partial charge in [0, 0.05) is 38.5 Å². The van der Waals surface area contributed by atoms with Crippen LogP contribution in [0.1, 0.15) is 38.7 Å². The van der Waals surface area contributed by atoms with Gasteiger partial charge in [0.15, 0.2) is 9.84 Å². The maximum absolute atomic E-state index is 13.7. The van der Waals surface area contributed by atoms with Gasteiger partial charge in [-0.15, -0.1) is 0 Å². The maximum atomic E-state index is 13.7. The van der Waals surface area contributed by atoms with Crippen LogP contribution >= 0.6 is 0 Å². The third-order valence-electron chi connectivity index (χ3n) is 8.80. The van der Waals surface area contributed by atoms with Gasteiger partial charge in [0.2, 0.25) is 10.0 Å². The second-order valence-electron chi connectivity index (χ2n) is 13.2. The van der Waals surface area contributed by atoms with Crippen molar-refractivity contribution in [3.05, 3.63) is 78.4 Å². The second kappa shape index (κ2) is 15.1. The Hall–Kier alpha value is -2.84.